The summed E-state index contributed by atoms with van der Waals surface area (Å²) in [6.45, 7) is 3.64. The first-order chi connectivity index (χ1) is 13.2. The normalized spacial score (nSPS) is 10.7. The van der Waals surface area contributed by atoms with Crippen molar-refractivity contribution in [2.45, 2.75) is 20.4 Å². The van der Waals surface area contributed by atoms with E-state index >= 15 is 0 Å². The summed E-state index contributed by atoms with van der Waals surface area (Å²) in [5.41, 5.74) is 2.71. The third-order valence-electron chi connectivity index (χ3n) is 4.19. The van der Waals surface area contributed by atoms with Gasteiger partial charge in [-0.05, 0) is 49.7 Å². The van der Waals surface area contributed by atoms with Gasteiger partial charge in [0.2, 0.25) is 0 Å². The lowest BCUT2D eigenvalue weighted by Crippen LogP contribution is -2.12. The largest absolute Gasteiger partial charge is 0.322 e. The molecule has 0 fully saturated rings. The van der Waals surface area contributed by atoms with Crippen LogP contribution < -0.4 is 5.32 Å². The van der Waals surface area contributed by atoms with Gasteiger partial charge < -0.3 is 5.32 Å². The Bertz CT molecular complexity index is 1040. The van der Waals surface area contributed by atoms with Gasteiger partial charge in [-0.3, -0.25) is 19.6 Å². The van der Waals surface area contributed by atoms with Crippen LogP contribution in [0.2, 0.25) is 10.0 Å². The summed E-state index contributed by atoms with van der Waals surface area (Å²) in [6.07, 6.45) is 0. The molecule has 28 heavy (non-hydrogen) atoms. The molecule has 3 aromatic rings. The van der Waals surface area contributed by atoms with Gasteiger partial charge in [0.05, 0.1) is 11.5 Å². The maximum atomic E-state index is 12.4. The van der Waals surface area contributed by atoms with E-state index in [1.54, 1.807) is 61.0 Å². The number of benzene rings is 2. The fraction of sp³-hybridized carbons (Fsp3) is 0.158. The molecule has 0 saturated heterocycles. The number of aromatic nitrogens is 2. The van der Waals surface area contributed by atoms with Crippen LogP contribution in [-0.4, -0.2) is 20.6 Å². The molecule has 1 heterocycles. The van der Waals surface area contributed by atoms with E-state index in [0.29, 0.717) is 39.2 Å². The summed E-state index contributed by atoms with van der Waals surface area (Å²) in [5, 5.41) is 18.9. The highest BCUT2D eigenvalue weighted by molar-refractivity contribution is 6.35. The zero-order valence-corrected chi connectivity index (χ0v) is 16.6. The molecule has 1 amide bonds. The van der Waals surface area contributed by atoms with Crippen LogP contribution in [0.15, 0.2) is 42.5 Å². The third-order valence-corrected chi connectivity index (χ3v) is 4.63. The van der Waals surface area contributed by atoms with E-state index in [4.69, 9.17) is 23.2 Å². The lowest BCUT2D eigenvalue weighted by molar-refractivity contribution is -0.386. The molecular formula is C19H16Cl2N4O3. The molecule has 3 rings (SSSR count). The molecular weight excluding hydrogens is 403 g/mol. The number of hydrogen-bond donors (Lipinski definition) is 1. The molecule has 0 radical (unpaired) electrons. The topological polar surface area (TPSA) is 90.1 Å². The second kappa shape index (κ2) is 8.00. The van der Waals surface area contributed by atoms with E-state index in [9.17, 15) is 14.9 Å². The van der Waals surface area contributed by atoms with Crippen LogP contribution in [0.5, 0.6) is 0 Å². The van der Waals surface area contributed by atoms with Crippen LogP contribution in [0.25, 0.3) is 0 Å². The maximum absolute atomic E-state index is 12.4. The van der Waals surface area contributed by atoms with Crippen molar-refractivity contribution >= 4 is 40.5 Å². The molecule has 0 aliphatic heterocycles. The minimum absolute atomic E-state index is 0.0242. The fourth-order valence-electron chi connectivity index (χ4n) is 2.87. The van der Waals surface area contributed by atoms with Crippen LogP contribution in [0.3, 0.4) is 0 Å². The second-order valence-corrected chi connectivity index (χ2v) is 7.12. The predicted octanol–water partition coefficient (Wildman–Crippen LogP) is 5.02. The molecule has 0 aliphatic rings. The van der Waals surface area contributed by atoms with E-state index in [2.05, 4.69) is 10.4 Å². The molecule has 0 unspecified atom stereocenters. The molecule has 144 valence electrons. The number of nitrogens with one attached hydrogen (secondary N) is 1. The maximum Gasteiger partial charge on any atom is 0.312 e. The van der Waals surface area contributed by atoms with Crippen LogP contribution in [-0.2, 0) is 6.54 Å². The van der Waals surface area contributed by atoms with Crippen molar-refractivity contribution in [3.63, 3.8) is 0 Å². The molecule has 9 heteroatoms. The van der Waals surface area contributed by atoms with Gasteiger partial charge in [0, 0.05) is 21.3 Å². The summed E-state index contributed by atoms with van der Waals surface area (Å²) in [6, 6.07) is 11.7. The number of amides is 1. The quantitative estimate of drug-likeness (QED) is 0.465. The first kappa shape index (κ1) is 19.9. The van der Waals surface area contributed by atoms with Gasteiger partial charge in [-0.2, -0.15) is 5.10 Å². The Hall–Kier alpha value is -2.90. The summed E-state index contributed by atoms with van der Waals surface area (Å²) in [7, 11) is 0. The Morgan fingerprint density at radius 2 is 1.75 bits per heavy atom. The monoisotopic (exact) mass is 418 g/mol. The van der Waals surface area contributed by atoms with Gasteiger partial charge in [0.25, 0.3) is 5.91 Å². The average molecular weight is 419 g/mol. The lowest BCUT2D eigenvalue weighted by atomic mass is 10.1. The van der Waals surface area contributed by atoms with Gasteiger partial charge in [0.1, 0.15) is 11.4 Å². The number of halogens is 2. The van der Waals surface area contributed by atoms with Gasteiger partial charge >= 0.3 is 5.69 Å². The Kier molecular flexibility index (Phi) is 5.67. The third kappa shape index (κ3) is 4.32. The van der Waals surface area contributed by atoms with E-state index in [0.717, 1.165) is 5.56 Å². The van der Waals surface area contributed by atoms with Crippen LogP contribution in [0.1, 0.15) is 27.3 Å². The Balaban J connectivity index is 1.74. The molecule has 2 aromatic carbocycles. The predicted molar refractivity (Wildman–Crippen MR) is 108 cm³/mol. The van der Waals surface area contributed by atoms with Crippen molar-refractivity contribution in [2.24, 2.45) is 0 Å². The van der Waals surface area contributed by atoms with Crippen molar-refractivity contribution in [2.75, 3.05) is 5.32 Å². The van der Waals surface area contributed by atoms with Gasteiger partial charge in [-0.1, -0.05) is 35.3 Å². The van der Waals surface area contributed by atoms with Crippen molar-refractivity contribution < 1.29 is 9.72 Å². The van der Waals surface area contributed by atoms with E-state index in [1.165, 1.54) is 0 Å². The van der Waals surface area contributed by atoms with E-state index in [1.807, 2.05) is 0 Å². The van der Waals surface area contributed by atoms with Crippen molar-refractivity contribution in [3.8, 4) is 0 Å². The minimum atomic E-state index is -0.427. The van der Waals surface area contributed by atoms with Crippen LogP contribution in [0, 0.1) is 24.0 Å². The standard InChI is InChI=1S/C19H16Cl2N4O3/c1-11-18(25(27)28)12(2)24(23-11)10-13-3-5-14(6-4-13)19(26)22-17-8-15(20)7-16(21)9-17/h3-9H,10H2,1-2H3,(H,22,26). The summed E-state index contributed by atoms with van der Waals surface area (Å²) in [5.74, 6) is -0.299. The number of aryl methyl sites for hydroxylation is 1. The lowest BCUT2D eigenvalue weighted by Gasteiger charge is -2.08. The van der Waals surface area contributed by atoms with Crippen molar-refractivity contribution in [3.05, 3.63) is 85.1 Å². The number of carbonyl (C=O) groups excluding carboxylic acids is 1. The molecule has 0 saturated carbocycles. The summed E-state index contributed by atoms with van der Waals surface area (Å²) in [4.78, 5) is 23.1. The molecule has 0 atom stereocenters. The number of carbonyl (C=O) groups is 1. The van der Waals surface area contributed by atoms with Crippen LogP contribution in [0.4, 0.5) is 11.4 Å². The highest BCUT2D eigenvalue weighted by atomic mass is 35.5. The highest BCUT2D eigenvalue weighted by Gasteiger charge is 2.21. The highest BCUT2D eigenvalue weighted by Crippen LogP contribution is 2.24. The number of nitrogens with zero attached hydrogens (tertiary/aromatic N) is 3. The minimum Gasteiger partial charge on any atom is -0.322 e. The van der Waals surface area contributed by atoms with E-state index in [-0.39, 0.29) is 11.6 Å². The number of nitro groups is 1. The molecule has 0 spiro atoms. The first-order valence-corrected chi connectivity index (χ1v) is 9.05. The Morgan fingerprint density at radius 1 is 1.14 bits per heavy atom. The SMILES string of the molecule is Cc1nn(Cc2ccc(C(=O)Nc3cc(Cl)cc(Cl)c3)cc2)c(C)c1[N+](=O)[O-]. The smallest absolute Gasteiger partial charge is 0.312 e. The number of rotatable bonds is 5. The molecule has 1 N–H and O–H groups in total. The van der Waals surface area contributed by atoms with Crippen LogP contribution >= 0.6 is 23.2 Å². The Labute approximate surface area is 171 Å². The zero-order chi connectivity index (χ0) is 20.4. The van der Waals surface area contributed by atoms with Crippen molar-refractivity contribution in [1.82, 2.24) is 9.78 Å². The van der Waals surface area contributed by atoms with Gasteiger partial charge in [-0.25, -0.2) is 0 Å². The molecule has 0 bridgehead atoms. The first-order valence-electron chi connectivity index (χ1n) is 8.29. The summed E-state index contributed by atoms with van der Waals surface area (Å²) < 4.78 is 1.58. The summed E-state index contributed by atoms with van der Waals surface area (Å²) >= 11 is 11.9. The molecule has 1 aromatic heterocycles. The van der Waals surface area contributed by atoms with Crippen molar-refractivity contribution in [1.29, 1.82) is 0 Å². The number of anilines is 1. The zero-order valence-electron chi connectivity index (χ0n) is 15.1. The van der Waals surface area contributed by atoms with E-state index < -0.39 is 4.92 Å². The second-order valence-electron chi connectivity index (χ2n) is 6.24. The average Bonchev–Trinajstić information content (AvgIpc) is 2.88. The van der Waals surface area contributed by atoms with Gasteiger partial charge in [0.15, 0.2) is 0 Å². The van der Waals surface area contributed by atoms with Gasteiger partial charge in [-0.15, -0.1) is 0 Å². The Morgan fingerprint density at radius 3 is 2.29 bits per heavy atom. The molecule has 0 aliphatic carbocycles. The number of hydrogen-bond acceptors (Lipinski definition) is 4. The molecule has 7 nitrogen and oxygen atoms in total. The fourth-order valence-corrected chi connectivity index (χ4v) is 3.40.